The first kappa shape index (κ1) is 18.8. The van der Waals surface area contributed by atoms with Gasteiger partial charge in [-0.1, -0.05) is 12.1 Å². The predicted molar refractivity (Wildman–Crippen MR) is 99.7 cm³/mol. The Morgan fingerprint density at radius 2 is 2.04 bits per heavy atom. The Kier molecular flexibility index (Phi) is 6.82. The van der Waals surface area contributed by atoms with Crippen molar-refractivity contribution in [1.29, 1.82) is 0 Å². The number of carbonyl (C=O) groups excluding carboxylic acids is 1. The first-order valence-electron chi connectivity index (χ1n) is 7.46. The number of benzene rings is 2. The highest BCUT2D eigenvalue weighted by molar-refractivity contribution is 9.10. The molecule has 0 unspecified atom stereocenters. The summed E-state index contributed by atoms with van der Waals surface area (Å²) >= 11 is 3.40. The van der Waals surface area contributed by atoms with Gasteiger partial charge in [-0.2, -0.15) is 5.10 Å². The molecule has 0 bridgehead atoms. The van der Waals surface area contributed by atoms with Crippen LogP contribution in [-0.4, -0.2) is 32.9 Å². The molecule has 6 nitrogen and oxygen atoms in total. The highest BCUT2D eigenvalue weighted by Gasteiger charge is 2.09. The zero-order valence-electron chi connectivity index (χ0n) is 14.2. The second-order valence-corrected chi connectivity index (χ2v) is 5.99. The smallest absolute Gasteiger partial charge is 0.277 e. The van der Waals surface area contributed by atoms with E-state index in [1.165, 1.54) is 6.21 Å². The van der Waals surface area contributed by atoms with Crippen molar-refractivity contribution in [3.63, 3.8) is 0 Å². The lowest BCUT2D eigenvalue weighted by Gasteiger charge is -2.10. The van der Waals surface area contributed by atoms with Gasteiger partial charge in [-0.15, -0.1) is 0 Å². The largest absolute Gasteiger partial charge is 0.493 e. The van der Waals surface area contributed by atoms with E-state index in [4.69, 9.17) is 14.2 Å². The number of nitrogens with zero attached hydrogens (tertiary/aromatic N) is 1. The van der Waals surface area contributed by atoms with Gasteiger partial charge in [0.1, 0.15) is 5.75 Å². The number of hydrogen-bond donors (Lipinski definition) is 1. The summed E-state index contributed by atoms with van der Waals surface area (Å²) in [6, 6.07) is 11.0. The van der Waals surface area contributed by atoms with Crippen molar-refractivity contribution in [1.82, 2.24) is 5.43 Å². The van der Waals surface area contributed by atoms with E-state index in [-0.39, 0.29) is 12.5 Å². The lowest BCUT2D eigenvalue weighted by atomic mass is 10.2. The average Bonchev–Trinajstić information content (AvgIpc) is 2.59. The maximum Gasteiger partial charge on any atom is 0.277 e. The van der Waals surface area contributed by atoms with Crippen LogP contribution >= 0.6 is 15.9 Å². The molecule has 2 aromatic carbocycles. The van der Waals surface area contributed by atoms with Gasteiger partial charge in [0.25, 0.3) is 5.91 Å². The van der Waals surface area contributed by atoms with Crippen LogP contribution in [0.4, 0.5) is 0 Å². The van der Waals surface area contributed by atoms with Crippen LogP contribution in [0, 0.1) is 6.92 Å². The summed E-state index contributed by atoms with van der Waals surface area (Å²) in [4.78, 5) is 11.8. The van der Waals surface area contributed by atoms with Gasteiger partial charge in [-0.25, -0.2) is 5.43 Å². The molecule has 0 fully saturated rings. The fourth-order valence-corrected chi connectivity index (χ4v) is 2.70. The molecule has 7 heteroatoms. The summed E-state index contributed by atoms with van der Waals surface area (Å²) < 4.78 is 16.6. The van der Waals surface area contributed by atoms with Crippen molar-refractivity contribution in [2.24, 2.45) is 5.10 Å². The first-order valence-corrected chi connectivity index (χ1v) is 8.25. The van der Waals surface area contributed by atoms with Crippen LogP contribution in [0.3, 0.4) is 0 Å². The Labute approximate surface area is 154 Å². The highest BCUT2D eigenvalue weighted by atomic mass is 79.9. The van der Waals surface area contributed by atoms with E-state index >= 15 is 0 Å². The molecular weight excluding hydrogens is 388 g/mol. The van der Waals surface area contributed by atoms with Crippen LogP contribution in [0.25, 0.3) is 0 Å². The van der Waals surface area contributed by atoms with Crippen LogP contribution in [0.2, 0.25) is 0 Å². The van der Waals surface area contributed by atoms with Gasteiger partial charge in [-0.3, -0.25) is 4.79 Å². The van der Waals surface area contributed by atoms with Crippen LogP contribution in [0.5, 0.6) is 17.2 Å². The first-order chi connectivity index (χ1) is 12.0. The zero-order valence-corrected chi connectivity index (χ0v) is 15.8. The van der Waals surface area contributed by atoms with Gasteiger partial charge in [0.15, 0.2) is 18.1 Å². The number of hydrazone groups is 1. The van der Waals surface area contributed by atoms with E-state index in [1.54, 1.807) is 32.4 Å². The predicted octanol–water partition coefficient (Wildman–Crippen LogP) is 3.30. The SMILES string of the molecule is COc1cc(/C=N/NC(=O)COc2cccc(C)c2)cc(Br)c1OC. The number of nitrogens with one attached hydrogen (secondary N) is 1. The van der Waals surface area contributed by atoms with Crippen molar-refractivity contribution >= 4 is 28.1 Å². The lowest BCUT2D eigenvalue weighted by molar-refractivity contribution is -0.123. The van der Waals surface area contributed by atoms with Crippen molar-refractivity contribution in [2.75, 3.05) is 20.8 Å². The number of aryl methyl sites for hydroxylation is 1. The molecule has 132 valence electrons. The number of amides is 1. The number of methoxy groups -OCH3 is 2. The van der Waals surface area contributed by atoms with Crippen molar-refractivity contribution in [3.8, 4) is 17.2 Å². The molecular formula is C18H19BrN2O4. The van der Waals surface area contributed by atoms with Gasteiger partial charge in [0.2, 0.25) is 0 Å². The van der Waals surface area contributed by atoms with Crippen LogP contribution in [0.1, 0.15) is 11.1 Å². The Morgan fingerprint density at radius 1 is 1.24 bits per heavy atom. The Bertz CT molecular complexity index is 778. The molecule has 0 heterocycles. The van der Waals surface area contributed by atoms with Crippen molar-refractivity contribution < 1.29 is 19.0 Å². The monoisotopic (exact) mass is 406 g/mol. The van der Waals surface area contributed by atoms with Crippen molar-refractivity contribution in [3.05, 3.63) is 52.0 Å². The van der Waals surface area contributed by atoms with E-state index in [9.17, 15) is 4.79 Å². The Morgan fingerprint density at radius 3 is 2.72 bits per heavy atom. The molecule has 0 atom stereocenters. The quantitative estimate of drug-likeness (QED) is 0.565. The molecule has 0 saturated heterocycles. The minimum atomic E-state index is -0.350. The number of halogens is 1. The van der Waals surface area contributed by atoms with E-state index in [0.717, 1.165) is 15.6 Å². The molecule has 0 aliphatic carbocycles. The van der Waals surface area contributed by atoms with Gasteiger partial charge < -0.3 is 14.2 Å². The normalized spacial score (nSPS) is 10.6. The van der Waals surface area contributed by atoms with E-state index < -0.39 is 0 Å². The standard InChI is InChI=1S/C18H19BrN2O4/c1-12-5-4-6-14(7-12)25-11-17(22)21-20-10-13-8-15(19)18(24-3)16(9-13)23-2/h4-10H,11H2,1-3H3,(H,21,22)/b20-10+. The molecule has 1 N–H and O–H groups in total. The summed E-state index contributed by atoms with van der Waals surface area (Å²) in [5.41, 5.74) is 4.22. The van der Waals surface area contributed by atoms with E-state index in [1.807, 2.05) is 25.1 Å². The van der Waals surface area contributed by atoms with Gasteiger partial charge in [-0.05, 0) is 58.2 Å². The third-order valence-electron chi connectivity index (χ3n) is 3.22. The minimum absolute atomic E-state index is 0.115. The fourth-order valence-electron chi connectivity index (χ4n) is 2.08. The van der Waals surface area contributed by atoms with Crippen LogP contribution in [0.15, 0.2) is 46.0 Å². The fraction of sp³-hybridized carbons (Fsp3) is 0.222. The molecule has 0 spiro atoms. The molecule has 25 heavy (non-hydrogen) atoms. The number of carbonyl (C=O) groups is 1. The molecule has 2 aromatic rings. The summed E-state index contributed by atoms with van der Waals surface area (Å²) in [5, 5.41) is 3.92. The number of rotatable bonds is 7. The minimum Gasteiger partial charge on any atom is -0.493 e. The summed E-state index contributed by atoms with van der Waals surface area (Å²) in [6.45, 7) is 1.84. The molecule has 0 aliphatic heterocycles. The van der Waals surface area contributed by atoms with Crippen molar-refractivity contribution in [2.45, 2.75) is 6.92 Å². The summed E-state index contributed by atoms with van der Waals surface area (Å²) in [5.74, 6) is 1.45. The molecule has 0 aliphatic rings. The van der Waals surface area contributed by atoms with E-state index in [0.29, 0.717) is 17.2 Å². The van der Waals surface area contributed by atoms with Gasteiger partial charge in [0.05, 0.1) is 24.9 Å². The van der Waals surface area contributed by atoms with Crippen LogP contribution in [-0.2, 0) is 4.79 Å². The molecule has 1 amide bonds. The maximum absolute atomic E-state index is 11.8. The molecule has 0 radical (unpaired) electrons. The third kappa shape index (κ3) is 5.49. The number of hydrogen-bond acceptors (Lipinski definition) is 5. The number of ether oxygens (including phenoxy) is 3. The van der Waals surface area contributed by atoms with Crippen LogP contribution < -0.4 is 19.6 Å². The molecule has 0 saturated carbocycles. The Balaban J connectivity index is 1.92. The molecule has 2 rings (SSSR count). The maximum atomic E-state index is 11.8. The van der Waals surface area contributed by atoms with Gasteiger partial charge >= 0.3 is 0 Å². The zero-order chi connectivity index (χ0) is 18.2. The van der Waals surface area contributed by atoms with Gasteiger partial charge in [0, 0.05) is 0 Å². The average molecular weight is 407 g/mol. The van der Waals surface area contributed by atoms with E-state index in [2.05, 4.69) is 26.5 Å². The summed E-state index contributed by atoms with van der Waals surface area (Å²) in [7, 11) is 3.11. The lowest BCUT2D eigenvalue weighted by Crippen LogP contribution is -2.24. The second kappa shape index (κ2) is 9.08. The topological polar surface area (TPSA) is 69.2 Å². The third-order valence-corrected chi connectivity index (χ3v) is 3.81. The summed E-state index contributed by atoms with van der Waals surface area (Å²) in [6.07, 6.45) is 1.51. The molecule has 0 aromatic heterocycles. The second-order valence-electron chi connectivity index (χ2n) is 5.14. The Hall–Kier alpha value is -2.54. The highest BCUT2D eigenvalue weighted by Crippen LogP contribution is 2.35.